The molecular formula is C17H24O4. The number of carboxylic acids is 2. The highest BCUT2D eigenvalue weighted by Crippen LogP contribution is 2.21. The average Bonchev–Trinajstić information content (AvgIpc) is 2.47. The van der Waals surface area contributed by atoms with E-state index in [9.17, 15) is 9.59 Å². The van der Waals surface area contributed by atoms with Gasteiger partial charge in [0.05, 0.1) is 11.1 Å². The Labute approximate surface area is 125 Å². The monoisotopic (exact) mass is 292 g/mol. The van der Waals surface area contributed by atoms with Crippen molar-refractivity contribution in [1.82, 2.24) is 0 Å². The minimum atomic E-state index is -1.09. The molecule has 1 unspecified atom stereocenters. The molecule has 0 heterocycles. The van der Waals surface area contributed by atoms with Gasteiger partial charge in [-0.05, 0) is 42.5 Å². The van der Waals surface area contributed by atoms with E-state index >= 15 is 0 Å². The molecule has 4 heteroatoms. The van der Waals surface area contributed by atoms with Gasteiger partial charge in [0.25, 0.3) is 0 Å². The van der Waals surface area contributed by atoms with Gasteiger partial charge in [-0.25, -0.2) is 9.59 Å². The van der Waals surface area contributed by atoms with E-state index in [1.54, 1.807) is 12.1 Å². The van der Waals surface area contributed by atoms with E-state index in [1.807, 2.05) is 0 Å². The first kappa shape index (κ1) is 17.2. The van der Waals surface area contributed by atoms with Crippen LogP contribution < -0.4 is 0 Å². The lowest BCUT2D eigenvalue weighted by Crippen LogP contribution is -2.06. The summed E-state index contributed by atoms with van der Waals surface area (Å²) in [5, 5.41) is 18.1. The molecule has 2 N–H and O–H groups in total. The fourth-order valence-electron chi connectivity index (χ4n) is 2.50. The summed E-state index contributed by atoms with van der Waals surface area (Å²) >= 11 is 0. The van der Waals surface area contributed by atoms with Crippen molar-refractivity contribution < 1.29 is 19.8 Å². The summed E-state index contributed by atoms with van der Waals surface area (Å²) in [5.74, 6) is -1.55. The van der Waals surface area contributed by atoms with Crippen LogP contribution in [-0.2, 0) is 6.42 Å². The van der Waals surface area contributed by atoms with E-state index in [4.69, 9.17) is 10.2 Å². The van der Waals surface area contributed by atoms with E-state index < -0.39 is 11.9 Å². The number of aryl methyl sites for hydroxylation is 1. The molecule has 0 amide bonds. The van der Waals surface area contributed by atoms with Crippen LogP contribution in [0.1, 0.15) is 72.2 Å². The summed E-state index contributed by atoms with van der Waals surface area (Å²) in [6, 6.07) is 4.38. The summed E-state index contributed by atoms with van der Waals surface area (Å²) < 4.78 is 0. The predicted octanol–water partition coefficient (Wildman–Crippen LogP) is 4.23. The molecule has 0 fully saturated rings. The number of hydrogen-bond acceptors (Lipinski definition) is 2. The molecule has 0 aliphatic carbocycles. The molecule has 0 bridgehead atoms. The van der Waals surface area contributed by atoms with E-state index in [2.05, 4.69) is 13.8 Å². The topological polar surface area (TPSA) is 74.6 Å². The molecule has 0 aromatic heterocycles. The van der Waals surface area contributed by atoms with Crippen LogP contribution in [0.2, 0.25) is 0 Å². The van der Waals surface area contributed by atoms with Gasteiger partial charge in [0.2, 0.25) is 0 Å². The standard InChI is InChI=1S/C17H24O4/c1-3-5-6-12(4-2)7-8-13-9-14(16(18)19)11-15(10-13)17(20)21/h9-12H,3-8H2,1-2H3,(H,18,19)(H,20,21). The highest BCUT2D eigenvalue weighted by molar-refractivity contribution is 5.94. The Bertz CT molecular complexity index is 461. The van der Waals surface area contributed by atoms with Crippen molar-refractivity contribution >= 4 is 11.9 Å². The number of hydrogen-bond donors (Lipinski definition) is 2. The maximum absolute atomic E-state index is 11.1. The third kappa shape index (κ3) is 5.58. The SMILES string of the molecule is CCCCC(CC)CCc1cc(C(=O)O)cc(C(=O)O)c1. The number of aromatic carboxylic acids is 2. The van der Waals surface area contributed by atoms with Crippen molar-refractivity contribution in [2.45, 2.75) is 52.4 Å². The first-order valence-electron chi connectivity index (χ1n) is 7.58. The smallest absolute Gasteiger partial charge is 0.335 e. The molecule has 0 saturated heterocycles. The van der Waals surface area contributed by atoms with Gasteiger partial charge in [-0.2, -0.15) is 0 Å². The third-order valence-corrected chi connectivity index (χ3v) is 3.87. The van der Waals surface area contributed by atoms with Crippen molar-refractivity contribution in [2.75, 3.05) is 0 Å². The predicted molar refractivity (Wildman–Crippen MR) is 82.0 cm³/mol. The van der Waals surface area contributed by atoms with Gasteiger partial charge in [-0.1, -0.05) is 39.5 Å². The summed E-state index contributed by atoms with van der Waals surface area (Å²) in [7, 11) is 0. The Morgan fingerprint density at radius 2 is 1.57 bits per heavy atom. The Balaban J connectivity index is 2.81. The zero-order chi connectivity index (χ0) is 15.8. The van der Waals surface area contributed by atoms with Crippen LogP contribution in [0.3, 0.4) is 0 Å². The molecule has 1 rings (SSSR count). The maximum atomic E-state index is 11.1. The van der Waals surface area contributed by atoms with Crippen molar-refractivity contribution in [3.05, 3.63) is 34.9 Å². The Kier molecular flexibility index (Phi) is 6.92. The van der Waals surface area contributed by atoms with Gasteiger partial charge in [0, 0.05) is 0 Å². The van der Waals surface area contributed by atoms with E-state index in [1.165, 1.54) is 25.3 Å². The largest absolute Gasteiger partial charge is 0.478 e. The molecule has 0 aliphatic rings. The summed E-state index contributed by atoms with van der Waals surface area (Å²) in [5.41, 5.74) is 0.889. The van der Waals surface area contributed by atoms with Crippen LogP contribution >= 0.6 is 0 Å². The van der Waals surface area contributed by atoms with E-state index in [0.29, 0.717) is 5.92 Å². The molecular weight excluding hydrogens is 268 g/mol. The normalized spacial score (nSPS) is 12.1. The lowest BCUT2D eigenvalue weighted by atomic mass is 9.91. The first-order valence-corrected chi connectivity index (χ1v) is 7.58. The highest BCUT2D eigenvalue weighted by atomic mass is 16.4. The van der Waals surface area contributed by atoms with Crippen LogP contribution in [-0.4, -0.2) is 22.2 Å². The van der Waals surface area contributed by atoms with Crippen LogP contribution in [0.15, 0.2) is 18.2 Å². The van der Waals surface area contributed by atoms with Crippen molar-refractivity contribution in [3.63, 3.8) is 0 Å². The van der Waals surface area contributed by atoms with Gasteiger partial charge < -0.3 is 10.2 Å². The Hall–Kier alpha value is -1.84. The lowest BCUT2D eigenvalue weighted by molar-refractivity contribution is 0.0696. The number of unbranched alkanes of at least 4 members (excludes halogenated alkanes) is 1. The van der Waals surface area contributed by atoms with Gasteiger partial charge in [-0.3, -0.25) is 0 Å². The highest BCUT2D eigenvalue weighted by Gasteiger charge is 2.13. The van der Waals surface area contributed by atoms with E-state index in [0.717, 1.165) is 24.8 Å². The molecule has 0 spiro atoms. The molecule has 0 aliphatic heterocycles. The molecule has 1 atom stereocenters. The Morgan fingerprint density at radius 1 is 1.00 bits per heavy atom. The Morgan fingerprint density at radius 3 is 2.00 bits per heavy atom. The van der Waals surface area contributed by atoms with Crippen LogP contribution in [0, 0.1) is 5.92 Å². The molecule has 21 heavy (non-hydrogen) atoms. The number of carboxylic acid groups (broad SMARTS) is 2. The van der Waals surface area contributed by atoms with Gasteiger partial charge in [0.1, 0.15) is 0 Å². The second-order valence-electron chi connectivity index (χ2n) is 5.48. The summed E-state index contributed by atoms with van der Waals surface area (Å²) in [6.45, 7) is 4.33. The summed E-state index contributed by atoms with van der Waals surface area (Å²) in [6.07, 6.45) is 6.35. The third-order valence-electron chi connectivity index (χ3n) is 3.87. The molecule has 0 saturated carbocycles. The van der Waals surface area contributed by atoms with Crippen LogP contribution in [0.4, 0.5) is 0 Å². The van der Waals surface area contributed by atoms with Gasteiger partial charge in [0.15, 0.2) is 0 Å². The van der Waals surface area contributed by atoms with Crippen LogP contribution in [0.5, 0.6) is 0 Å². The first-order chi connectivity index (χ1) is 9.97. The van der Waals surface area contributed by atoms with Gasteiger partial charge in [-0.15, -0.1) is 0 Å². The van der Waals surface area contributed by atoms with Crippen molar-refractivity contribution in [1.29, 1.82) is 0 Å². The zero-order valence-electron chi connectivity index (χ0n) is 12.8. The number of rotatable bonds is 9. The molecule has 0 radical (unpaired) electrons. The summed E-state index contributed by atoms with van der Waals surface area (Å²) in [4.78, 5) is 22.1. The number of benzene rings is 1. The van der Waals surface area contributed by atoms with Crippen LogP contribution in [0.25, 0.3) is 0 Å². The van der Waals surface area contributed by atoms with Crippen molar-refractivity contribution in [3.8, 4) is 0 Å². The fraction of sp³-hybridized carbons (Fsp3) is 0.529. The molecule has 116 valence electrons. The van der Waals surface area contributed by atoms with Gasteiger partial charge >= 0.3 is 11.9 Å². The van der Waals surface area contributed by atoms with Crippen molar-refractivity contribution in [2.24, 2.45) is 5.92 Å². The molecule has 4 nitrogen and oxygen atoms in total. The second kappa shape index (κ2) is 8.45. The molecule has 1 aromatic carbocycles. The minimum Gasteiger partial charge on any atom is -0.478 e. The zero-order valence-corrected chi connectivity index (χ0v) is 12.8. The second-order valence-corrected chi connectivity index (χ2v) is 5.48. The lowest BCUT2D eigenvalue weighted by Gasteiger charge is -2.14. The average molecular weight is 292 g/mol. The minimum absolute atomic E-state index is 0.0477. The maximum Gasteiger partial charge on any atom is 0.335 e. The van der Waals surface area contributed by atoms with E-state index in [-0.39, 0.29) is 11.1 Å². The fourth-order valence-corrected chi connectivity index (χ4v) is 2.50. The molecule has 1 aromatic rings. The number of carbonyl (C=O) groups is 2. The quantitative estimate of drug-likeness (QED) is 0.714.